The van der Waals surface area contributed by atoms with Gasteiger partial charge in [0.2, 0.25) is 5.91 Å². The fraction of sp³-hybridized carbons (Fsp3) is 0.389. The third kappa shape index (κ3) is 3.77. The van der Waals surface area contributed by atoms with Crippen LogP contribution in [-0.4, -0.2) is 42.9 Å². The van der Waals surface area contributed by atoms with Crippen molar-refractivity contribution in [2.45, 2.75) is 18.9 Å². The summed E-state index contributed by atoms with van der Waals surface area (Å²) in [6.07, 6.45) is 1.28. The van der Waals surface area contributed by atoms with Crippen molar-refractivity contribution in [1.82, 2.24) is 9.80 Å². The van der Waals surface area contributed by atoms with Gasteiger partial charge in [0.15, 0.2) is 0 Å². The molecule has 1 aromatic carbocycles. The first kappa shape index (κ1) is 17.7. The van der Waals surface area contributed by atoms with E-state index in [1.54, 1.807) is 23.5 Å². The number of carbonyl (C=O) groups is 1. The van der Waals surface area contributed by atoms with Crippen molar-refractivity contribution in [2.24, 2.45) is 0 Å². The first-order valence-corrected chi connectivity index (χ1v) is 9.53. The quantitative estimate of drug-likeness (QED) is 0.787. The minimum absolute atomic E-state index is 0.124. The maximum absolute atomic E-state index is 12.9. The molecule has 2 aromatic rings. The Morgan fingerprint density at radius 1 is 1.29 bits per heavy atom. The van der Waals surface area contributed by atoms with Gasteiger partial charge >= 0.3 is 0 Å². The molecule has 128 valence electrons. The van der Waals surface area contributed by atoms with E-state index in [0.717, 1.165) is 25.1 Å². The van der Waals surface area contributed by atoms with Crippen molar-refractivity contribution in [3.63, 3.8) is 0 Å². The molecule has 1 amide bonds. The minimum atomic E-state index is 0.124. The van der Waals surface area contributed by atoms with Crippen LogP contribution in [0, 0.1) is 0 Å². The second-order valence-electron chi connectivity index (χ2n) is 6.35. The van der Waals surface area contributed by atoms with Gasteiger partial charge in [-0.05, 0) is 55.2 Å². The van der Waals surface area contributed by atoms with E-state index in [1.807, 2.05) is 25.1 Å². The fourth-order valence-electron chi connectivity index (χ4n) is 3.14. The van der Waals surface area contributed by atoms with Crippen LogP contribution in [0.5, 0.6) is 0 Å². The van der Waals surface area contributed by atoms with Gasteiger partial charge in [-0.3, -0.25) is 4.79 Å². The Kier molecular flexibility index (Phi) is 5.50. The first-order valence-electron chi connectivity index (χ1n) is 7.90. The summed E-state index contributed by atoms with van der Waals surface area (Å²) < 4.78 is 0. The number of likely N-dealkylation sites (N-methyl/N-ethyl adjacent to an activating group) is 1. The predicted molar refractivity (Wildman–Crippen MR) is 101 cm³/mol. The summed E-state index contributed by atoms with van der Waals surface area (Å²) >= 11 is 13.8. The van der Waals surface area contributed by atoms with E-state index in [9.17, 15) is 4.79 Å². The lowest BCUT2D eigenvalue weighted by atomic mass is 10.00. The van der Waals surface area contributed by atoms with E-state index >= 15 is 0 Å². The van der Waals surface area contributed by atoms with Gasteiger partial charge in [-0.1, -0.05) is 29.3 Å². The zero-order valence-electron chi connectivity index (χ0n) is 13.8. The Morgan fingerprint density at radius 3 is 2.79 bits per heavy atom. The van der Waals surface area contributed by atoms with Crippen molar-refractivity contribution < 1.29 is 4.79 Å². The molecule has 0 radical (unpaired) electrons. The van der Waals surface area contributed by atoms with Gasteiger partial charge in [0.1, 0.15) is 0 Å². The molecule has 0 N–H and O–H groups in total. The molecule has 24 heavy (non-hydrogen) atoms. The molecule has 0 fully saturated rings. The van der Waals surface area contributed by atoms with Crippen molar-refractivity contribution in [1.29, 1.82) is 0 Å². The van der Waals surface area contributed by atoms with Crippen LogP contribution in [0.15, 0.2) is 29.6 Å². The van der Waals surface area contributed by atoms with Gasteiger partial charge < -0.3 is 9.80 Å². The zero-order chi connectivity index (χ0) is 17.3. The zero-order valence-corrected chi connectivity index (χ0v) is 16.1. The standard InChI is InChI=1S/C18H20Cl2N2OS/c1-21(2)11-16-18-13(6-8-24-18)5-7-22(16)17(23)10-12-3-4-14(19)15(20)9-12/h3-4,6,8-9,16H,5,7,10-11H2,1-2H3. The Morgan fingerprint density at radius 2 is 2.08 bits per heavy atom. The second-order valence-corrected chi connectivity index (χ2v) is 8.11. The lowest BCUT2D eigenvalue weighted by Gasteiger charge is -2.37. The van der Waals surface area contributed by atoms with Gasteiger partial charge in [-0.15, -0.1) is 11.3 Å². The van der Waals surface area contributed by atoms with Crippen LogP contribution in [-0.2, 0) is 17.6 Å². The molecular weight excluding hydrogens is 363 g/mol. The highest BCUT2D eigenvalue weighted by Crippen LogP contribution is 2.35. The highest BCUT2D eigenvalue weighted by atomic mass is 35.5. The Hall–Kier alpha value is -1.07. The van der Waals surface area contributed by atoms with E-state index in [0.29, 0.717) is 16.5 Å². The summed E-state index contributed by atoms with van der Waals surface area (Å²) in [6, 6.07) is 7.71. The molecule has 1 aliphatic heterocycles. The lowest BCUT2D eigenvalue weighted by molar-refractivity contribution is -0.133. The Labute approximate surface area is 156 Å². The van der Waals surface area contributed by atoms with Crippen molar-refractivity contribution >= 4 is 40.4 Å². The van der Waals surface area contributed by atoms with E-state index in [-0.39, 0.29) is 11.9 Å². The minimum Gasteiger partial charge on any atom is -0.333 e. The molecule has 0 bridgehead atoms. The SMILES string of the molecule is CN(C)CC1c2sccc2CCN1C(=O)Cc1ccc(Cl)c(Cl)c1. The molecule has 3 nitrogen and oxygen atoms in total. The van der Waals surface area contributed by atoms with Gasteiger partial charge in [-0.25, -0.2) is 0 Å². The predicted octanol–water partition coefficient (Wildman–Crippen LogP) is 4.29. The second kappa shape index (κ2) is 7.44. The smallest absolute Gasteiger partial charge is 0.227 e. The van der Waals surface area contributed by atoms with E-state index in [2.05, 4.69) is 16.3 Å². The molecule has 0 saturated heterocycles. The topological polar surface area (TPSA) is 23.6 Å². The third-order valence-corrected chi connectivity index (χ3v) is 6.08. The van der Waals surface area contributed by atoms with Crippen LogP contribution in [0.2, 0.25) is 10.0 Å². The number of halogens is 2. The number of amides is 1. The summed E-state index contributed by atoms with van der Waals surface area (Å²) in [7, 11) is 4.09. The number of rotatable bonds is 4. The molecule has 3 rings (SSSR count). The first-order chi connectivity index (χ1) is 11.5. The van der Waals surface area contributed by atoms with Gasteiger partial charge in [-0.2, -0.15) is 0 Å². The summed E-state index contributed by atoms with van der Waals surface area (Å²) in [5.74, 6) is 0.138. The van der Waals surface area contributed by atoms with Crippen molar-refractivity contribution in [2.75, 3.05) is 27.2 Å². The van der Waals surface area contributed by atoms with Crippen LogP contribution in [0.4, 0.5) is 0 Å². The molecule has 1 unspecified atom stereocenters. The number of fused-ring (bicyclic) bond motifs is 1. The largest absolute Gasteiger partial charge is 0.333 e. The monoisotopic (exact) mass is 382 g/mol. The Bertz CT molecular complexity index is 744. The summed E-state index contributed by atoms with van der Waals surface area (Å²) in [5, 5.41) is 3.13. The highest BCUT2D eigenvalue weighted by Gasteiger charge is 2.32. The van der Waals surface area contributed by atoms with E-state index in [4.69, 9.17) is 23.2 Å². The van der Waals surface area contributed by atoms with Crippen molar-refractivity contribution in [3.8, 4) is 0 Å². The molecular formula is C18H20Cl2N2OS. The average Bonchev–Trinajstić information content (AvgIpc) is 2.99. The number of nitrogens with zero attached hydrogens (tertiary/aromatic N) is 2. The molecule has 0 aliphatic carbocycles. The Balaban J connectivity index is 1.81. The van der Waals surface area contributed by atoms with E-state index < -0.39 is 0 Å². The molecule has 1 atom stereocenters. The fourth-order valence-corrected chi connectivity index (χ4v) is 4.52. The molecule has 2 heterocycles. The van der Waals surface area contributed by atoms with Crippen LogP contribution in [0.25, 0.3) is 0 Å². The number of benzene rings is 1. The number of hydrogen-bond acceptors (Lipinski definition) is 3. The number of thiophene rings is 1. The normalized spacial score (nSPS) is 17.2. The highest BCUT2D eigenvalue weighted by molar-refractivity contribution is 7.10. The van der Waals surface area contributed by atoms with E-state index in [1.165, 1.54) is 10.4 Å². The van der Waals surface area contributed by atoms with Crippen LogP contribution >= 0.6 is 34.5 Å². The summed E-state index contributed by atoms with van der Waals surface area (Å²) in [6.45, 7) is 1.60. The maximum atomic E-state index is 12.9. The van der Waals surface area contributed by atoms with Crippen LogP contribution in [0.1, 0.15) is 22.0 Å². The molecule has 1 aliphatic rings. The van der Waals surface area contributed by atoms with Gasteiger partial charge in [0, 0.05) is 18.0 Å². The third-order valence-electron chi connectivity index (χ3n) is 4.28. The average molecular weight is 383 g/mol. The number of carbonyl (C=O) groups excluding carboxylic acids is 1. The lowest BCUT2D eigenvalue weighted by Crippen LogP contribution is -2.44. The maximum Gasteiger partial charge on any atom is 0.227 e. The van der Waals surface area contributed by atoms with Gasteiger partial charge in [0.25, 0.3) is 0 Å². The summed E-state index contributed by atoms with van der Waals surface area (Å²) in [5.41, 5.74) is 2.28. The molecule has 0 spiro atoms. The summed E-state index contributed by atoms with van der Waals surface area (Å²) in [4.78, 5) is 18.4. The van der Waals surface area contributed by atoms with Gasteiger partial charge in [0.05, 0.1) is 22.5 Å². The van der Waals surface area contributed by atoms with Crippen molar-refractivity contribution in [3.05, 3.63) is 55.7 Å². The molecule has 6 heteroatoms. The number of hydrogen-bond donors (Lipinski definition) is 0. The molecule has 0 saturated carbocycles. The molecule has 1 aromatic heterocycles. The van der Waals surface area contributed by atoms with Crippen LogP contribution < -0.4 is 0 Å². The van der Waals surface area contributed by atoms with Crippen LogP contribution in [0.3, 0.4) is 0 Å².